The first-order valence-corrected chi connectivity index (χ1v) is 8.42. The van der Waals surface area contributed by atoms with E-state index in [-0.39, 0.29) is 10.5 Å². The SMILES string of the molecule is CS(=O)(=O)c1ccc(C(=O)[C@@H](CF)NC(=O)C(Cl)Cl)cc1. The average Bonchev–Trinajstić information content (AvgIpc) is 2.42. The minimum Gasteiger partial charge on any atom is -0.341 e. The van der Waals surface area contributed by atoms with Gasteiger partial charge in [0.05, 0.1) is 4.90 Å². The summed E-state index contributed by atoms with van der Waals surface area (Å²) in [6.45, 7) is -1.14. The van der Waals surface area contributed by atoms with Gasteiger partial charge in [-0.15, -0.1) is 0 Å². The fourth-order valence-corrected chi connectivity index (χ4v) is 2.23. The molecular formula is C12H12Cl2FNO4S. The third-order valence-corrected chi connectivity index (χ3v) is 4.08. The van der Waals surface area contributed by atoms with Crippen LogP contribution in [0.5, 0.6) is 0 Å². The van der Waals surface area contributed by atoms with Crippen LogP contribution in [0.2, 0.25) is 0 Å². The van der Waals surface area contributed by atoms with Crippen LogP contribution in [-0.4, -0.2) is 43.9 Å². The molecule has 0 aliphatic carbocycles. The van der Waals surface area contributed by atoms with Crippen LogP contribution in [0.1, 0.15) is 10.4 Å². The fraction of sp³-hybridized carbons (Fsp3) is 0.333. The zero-order valence-corrected chi connectivity index (χ0v) is 13.2. The number of benzene rings is 1. The van der Waals surface area contributed by atoms with Crippen molar-refractivity contribution in [1.29, 1.82) is 0 Å². The highest BCUT2D eigenvalue weighted by Crippen LogP contribution is 2.12. The zero-order chi connectivity index (χ0) is 16.2. The highest BCUT2D eigenvalue weighted by Gasteiger charge is 2.24. The van der Waals surface area contributed by atoms with Crippen LogP contribution < -0.4 is 5.32 Å². The van der Waals surface area contributed by atoms with Crippen LogP contribution in [0.4, 0.5) is 4.39 Å². The Labute approximate surface area is 131 Å². The van der Waals surface area contributed by atoms with Crippen LogP contribution in [0.25, 0.3) is 0 Å². The van der Waals surface area contributed by atoms with Crippen molar-refractivity contribution in [3.05, 3.63) is 29.8 Å². The number of Topliss-reactive ketones (excluding diaryl/α,β-unsaturated/α-hetero) is 1. The second kappa shape index (κ2) is 7.20. The summed E-state index contributed by atoms with van der Waals surface area (Å²) in [6, 6.07) is 3.51. The number of amides is 1. The molecule has 21 heavy (non-hydrogen) atoms. The Bertz CT molecular complexity index is 631. The van der Waals surface area contributed by atoms with Gasteiger partial charge in [-0.1, -0.05) is 35.3 Å². The Hall–Kier alpha value is -1.18. The van der Waals surface area contributed by atoms with Crippen LogP contribution in [-0.2, 0) is 14.6 Å². The van der Waals surface area contributed by atoms with E-state index in [0.717, 1.165) is 6.26 Å². The number of rotatable bonds is 6. The van der Waals surface area contributed by atoms with Gasteiger partial charge in [-0.25, -0.2) is 12.8 Å². The first-order chi connectivity index (χ1) is 9.66. The van der Waals surface area contributed by atoms with Gasteiger partial charge in [0.25, 0.3) is 5.91 Å². The molecule has 0 aliphatic heterocycles. The van der Waals surface area contributed by atoms with Crippen molar-refractivity contribution in [3.8, 4) is 0 Å². The Morgan fingerprint density at radius 3 is 2.14 bits per heavy atom. The predicted molar refractivity (Wildman–Crippen MR) is 77.3 cm³/mol. The first-order valence-electron chi connectivity index (χ1n) is 5.65. The Balaban J connectivity index is 2.93. The molecule has 1 aromatic carbocycles. The lowest BCUT2D eigenvalue weighted by atomic mass is 10.1. The molecule has 0 heterocycles. The molecule has 1 amide bonds. The van der Waals surface area contributed by atoms with Gasteiger partial charge >= 0.3 is 0 Å². The molecule has 0 saturated heterocycles. The number of carbonyl (C=O) groups excluding carboxylic acids is 2. The summed E-state index contributed by atoms with van der Waals surface area (Å²) in [5, 5.41) is 2.06. The molecule has 0 aromatic heterocycles. The van der Waals surface area contributed by atoms with Crippen molar-refractivity contribution in [2.24, 2.45) is 0 Å². The molecular weight excluding hydrogens is 344 g/mol. The molecule has 1 atom stereocenters. The van der Waals surface area contributed by atoms with E-state index in [2.05, 4.69) is 5.32 Å². The number of ketones is 1. The Morgan fingerprint density at radius 2 is 1.76 bits per heavy atom. The molecule has 9 heteroatoms. The number of halogens is 3. The molecule has 116 valence electrons. The molecule has 1 N–H and O–H groups in total. The summed E-state index contributed by atoms with van der Waals surface area (Å²) in [7, 11) is -3.39. The summed E-state index contributed by atoms with van der Waals surface area (Å²) in [5.41, 5.74) is 0.0612. The fourth-order valence-electron chi connectivity index (χ4n) is 1.48. The minimum atomic E-state index is -3.39. The molecule has 0 bridgehead atoms. The van der Waals surface area contributed by atoms with Crippen molar-refractivity contribution < 1.29 is 22.4 Å². The second-order valence-electron chi connectivity index (χ2n) is 4.18. The lowest BCUT2D eigenvalue weighted by Crippen LogP contribution is -2.44. The van der Waals surface area contributed by atoms with E-state index in [1.165, 1.54) is 24.3 Å². The van der Waals surface area contributed by atoms with Gasteiger partial charge in [0, 0.05) is 11.8 Å². The van der Waals surface area contributed by atoms with E-state index in [9.17, 15) is 22.4 Å². The third-order valence-electron chi connectivity index (χ3n) is 2.55. The molecule has 0 fully saturated rings. The molecule has 0 radical (unpaired) electrons. The smallest absolute Gasteiger partial charge is 0.253 e. The van der Waals surface area contributed by atoms with Gasteiger partial charge in [0.1, 0.15) is 12.7 Å². The molecule has 1 rings (SSSR count). The van der Waals surface area contributed by atoms with Crippen LogP contribution in [0.3, 0.4) is 0 Å². The maximum Gasteiger partial charge on any atom is 0.253 e. The largest absolute Gasteiger partial charge is 0.341 e. The van der Waals surface area contributed by atoms with Crippen molar-refractivity contribution >= 4 is 44.7 Å². The molecule has 0 aliphatic rings. The van der Waals surface area contributed by atoms with E-state index in [1.54, 1.807) is 0 Å². The summed E-state index contributed by atoms with van der Waals surface area (Å²) in [6.07, 6.45) is 1.02. The summed E-state index contributed by atoms with van der Waals surface area (Å²) in [4.78, 5) is 21.9. The monoisotopic (exact) mass is 355 g/mol. The van der Waals surface area contributed by atoms with Gasteiger partial charge in [-0.2, -0.15) is 0 Å². The van der Waals surface area contributed by atoms with Gasteiger partial charge in [-0.05, 0) is 12.1 Å². The van der Waals surface area contributed by atoms with E-state index in [4.69, 9.17) is 23.2 Å². The quantitative estimate of drug-likeness (QED) is 0.619. The van der Waals surface area contributed by atoms with E-state index in [1.807, 2.05) is 0 Å². The van der Waals surface area contributed by atoms with E-state index in [0.29, 0.717) is 0 Å². The lowest BCUT2D eigenvalue weighted by molar-refractivity contribution is -0.120. The molecule has 0 saturated carbocycles. The Kier molecular flexibility index (Phi) is 6.12. The summed E-state index contributed by atoms with van der Waals surface area (Å²) < 4.78 is 35.5. The first kappa shape index (κ1) is 17.9. The zero-order valence-electron chi connectivity index (χ0n) is 10.8. The number of nitrogens with one attached hydrogen (secondary N) is 1. The van der Waals surface area contributed by atoms with Gasteiger partial charge in [-0.3, -0.25) is 9.59 Å². The molecule has 0 unspecified atom stereocenters. The average molecular weight is 356 g/mol. The number of sulfone groups is 1. The number of alkyl halides is 3. The normalized spacial score (nSPS) is 13.0. The predicted octanol–water partition coefficient (Wildman–Crippen LogP) is 1.53. The standard InChI is InChI=1S/C12H12Cl2FNO4S/c1-21(19,20)8-4-2-7(3-5-8)10(17)9(6-15)16-12(18)11(13)14/h2-5,9,11H,6H2,1H3,(H,16,18)/t9-/m1/s1. The number of hydrogen-bond acceptors (Lipinski definition) is 4. The molecule has 5 nitrogen and oxygen atoms in total. The maximum absolute atomic E-state index is 12.9. The van der Waals surface area contributed by atoms with Gasteiger partial charge in [0.2, 0.25) is 0 Å². The van der Waals surface area contributed by atoms with E-state index < -0.39 is 39.1 Å². The van der Waals surface area contributed by atoms with Crippen molar-refractivity contribution in [3.63, 3.8) is 0 Å². The van der Waals surface area contributed by atoms with Crippen LogP contribution in [0, 0.1) is 0 Å². The van der Waals surface area contributed by atoms with Gasteiger partial charge in [0.15, 0.2) is 20.5 Å². The summed E-state index contributed by atoms with van der Waals surface area (Å²) >= 11 is 10.6. The van der Waals surface area contributed by atoms with Crippen molar-refractivity contribution in [2.75, 3.05) is 12.9 Å². The third kappa shape index (κ3) is 4.94. The molecule has 1 aromatic rings. The van der Waals surface area contributed by atoms with Gasteiger partial charge < -0.3 is 5.32 Å². The summed E-state index contributed by atoms with van der Waals surface area (Å²) in [5.74, 6) is -1.60. The van der Waals surface area contributed by atoms with Crippen LogP contribution >= 0.6 is 23.2 Å². The Morgan fingerprint density at radius 1 is 1.24 bits per heavy atom. The highest BCUT2D eigenvalue weighted by atomic mass is 35.5. The maximum atomic E-state index is 12.9. The highest BCUT2D eigenvalue weighted by molar-refractivity contribution is 7.90. The van der Waals surface area contributed by atoms with Crippen molar-refractivity contribution in [1.82, 2.24) is 5.32 Å². The second-order valence-corrected chi connectivity index (χ2v) is 7.29. The topological polar surface area (TPSA) is 80.3 Å². The van der Waals surface area contributed by atoms with Crippen molar-refractivity contribution in [2.45, 2.75) is 15.8 Å². The minimum absolute atomic E-state index is 0.0291. The number of carbonyl (C=O) groups is 2. The van der Waals surface area contributed by atoms with E-state index >= 15 is 0 Å². The molecule has 0 spiro atoms. The van der Waals surface area contributed by atoms with Crippen LogP contribution in [0.15, 0.2) is 29.2 Å². The lowest BCUT2D eigenvalue weighted by Gasteiger charge is -2.14. The number of hydrogen-bond donors (Lipinski definition) is 1.